The quantitative estimate of drug-likeness (QED) is 0.584. The molecule has 8 heteroatoms. The van der Waals surface area contributed by atoms with Crippen molar-refractivity contribution in [2.45, 2.75) is 6.10 Å². The molecule has 0 unspecified atom stereocenters. The number of imide groups is 1. The van der Waals surface area contributed by atoms with Gasteiger partial charge in [0, 0.05) is 28.7 Å². The fourth-order valence-corrected chi connectivity index (χ4v) is 2.56. The van der Waals surface area contributed by atoms with Crippen LogP contribution in [0, 0.1) is 0 Å². The van der Waals surface area contributed by atoms with Crippen LogP contribution in [0.3, 0.4) is 0 Å². The third-order valence-electron chi connectivity index (χ3n) is 3.40. The first-order chi connectivity index (χ1) is 12.9. The van der Waals surface area contributed by atoms with Crippen LogP contribution in [0.5, 0.6) is 0 Å². The normalized spacial score (nSPS) is 11.7. The Bertz CT molecular complexity index is 869. The summed E-state index contributed by atoms with van der Waals surface area (Å²) in [6, 6.07) is 12.4. The van der Waals surface area contributed by atoms with Crippen molar-refractivity contribution in [1.82, 2.24) is 10.6 Å². The van der Waals surface area contributed by atoms with E-state index in [0.29, 0.717) is 21.2 Å². The van der Waals surface area contributed by atoms with E-state index in [0.717, 1.165) is 6.08 Å². The zero-order valence-electron chi connectivity index (χ0n) is 14.2. The summed E-state index contributed by atoms with van der Waals surface area (Å²) in [4.78, 5) is 35.9. The summed E-state index contributed by atoms with van der Waals surface area (Å²) in [5.74, 6) is -1.55. The molecule has 0 aliphatic rings. The average molecular weight is 407 g/mol. The maximum absolute atomic E-state index is 12.3. The summed E-state index contributed by atoms with van der Waals surface area (Å²) in [6.07, 6.45) is 1.29. The van der Waals surface area contributed by atoms with Crippen LogP contribution in [0.25, 0.3) is 6.08 Å². The Morgan fingerprint density at radius 2 is 1.78 bits per heavy atom. The second kappa shape index (κ2) is 9.75. The Hall–Kier alpha value is -2.83. The number of urea groups is 1. The van der Waals surface area contributed by atoms with E-state index in [4.69, 9.17) is 27.9 Å². The molecule has 0 bridgehead atoms. The minimum absolute atomic E-state index is 0.364. The van der Waals surface area contributed by atoms with E-state index in [1.165, 1.54) is 19.2 Å². The van der Waals surface area contributed by atoms with Gasteiger partial charge in [-0.3, -0.25) is 10.1 Å². The molecular weight excluding hydrogens is 391 g/mol. The number of halogens is 2. The van der Waals surface area contributed by atoms with Gasteiger partial charge in [0.05, 0.1) is 0 Å². The molecule has 1 atom stereocenters. The van der Waals surface area contributed by atoms with Gasteiger partial charge in [0.1, 0.15) is 0 Å². The molecule has 0 radical (unpaired) electrons. The molecule has 2 rings (SSSR count). The molecule has 2 aromatic carbocycles. The van der Waals surface area contributed by atoms with Crippen LogP contribution in [0.4, 0.5) is 4.79 Å². The molecule has 2 aromatic rings. The van der Waals surface area contributed by atoms with Crippen LogP contribution in [0.1, 0.15) is 17.2 Å². The van der Waals surface area contributed by atoms with E-state index < -0.39 is 24.0 Å². The highest BCUT2D eigenvalue weighted by Crippen LogP contribution is 2.22. The monoisotopic (exact) mass is 406 g/mol. The second-order valence-electron chi connectivity index (χ2n) is 5.30. The van der Waals surface area contributed by atoms with Crippen molar-refractivity contribution < 1.29 is 19.1 Å². The molecular formula is C19H16Cl2N2O4. The lowest BCUT2D eigenvalue weighted by atomic mass is 10.1. The minimum Gasteiger partial charge on any atom is -0.444 e. The Morgan fingerprint density at radius 3 is 2.41 bits per heavy atom. The number of benzene rings is 2. The largest absolute Gasteiger partial charge is 0.444 e. The lowest BCUT2D eigenvalue weighted by Crippen LogP contribution is -2.41. The standard InChI is InChI=1S/C19H16Cl2N2O4/c1-22-19(26)23-18(25)17(13-5-3-2-4-6-13)27-16(24)10-8-12-7-9-14(20)11-15(12)21/h2-11,17H,1H3,(H2,22,23,25,26)/b10-8+/t17-/m0/s1. The third kappa shape index (κ3) is 6.13. The first-order valence-corrected chi connectivity index (χ1v) is 8.57. The van der Waals surface area contributed by atoms with Gasteiger partial charge in [-0.1, -0.05) is 59.6 Å². The first kappa shape index (κ1) is 20.5. The Morgan fingerprint density at radius 1 is 1.07 bits per heavy atom. The van der Waals surface area contributed by atoms with Crippen molar-refractivity contribution in [3.63, 3.8) is 0 Å². The predicted octanol–water partition coefficient (Wildman–Crippen LogP) is 3.75. The van der Waals surface area contributed by atoms with Crippen molar-refractivity contribution in [2.75, 3.05) is 7.05 Å². The maximum Gasteiger partial charge on any atom is 0.331 e. The summed E-state index contributed by atoms with van der Waals surface area (Å²) >= 11 is 11.9. The highest BCUT2D eigenvalue weighted by Gasteiger charge is 2.25. The third-order valence-corrected chi connectivity index (χ3v) is 3.96. The molecule has 0 aliphatic heterocycles. The van der Waals surface area contributed by atoms with Crippen LogP contribution in [-0.2, 0) is 14.3 Å². The Kier molecular flexibility index (Phi) is 7.40. The number of hydrogen-bond donors (Lipinski definition) is 2. The molecule has 2 N–H and O–H groups in total. The number of ether oxygens (including phenoxy) is 1. The molecule has 27 heavy (non-hydrogen) atoms. The van der Waals surface area contributed by atoms with Crippen LogP contribution >= 0.6 is 23.2 Å². The number of hydrogen-bond acceptors (Lipinski definition) is 4. The fourth-order valence-electron chi connectivity index (χ4n) is 2.09. The van der Waals surface area contributed by atoms with E-state index in [1.807, 2.05) is 0 Å². The van der Waals surface area contributed by atoms with Crippen molar-refractivity contribution in [2.24, 2.45) is 0 Å². The van der Waals surface area contributed by atoms with E-state index in [9.17, 15) is 14.4 Å². The Balaban J connectivity index is 2.16. The smallest absolute Gasteiger partial charge is 0.331 e. The minimum atomic E-state index is -1.29. The van der Waals surface area contributed by atoms with Crippen LogP contribution in [0.2, 0.25) is 10.0 Å². The van der Waals surface area contributed by atoms with Gasteiger partial charge >= 0.3 is 12.0 Å². The van der Waals surface area contributed by atoms with Gasteiger partial charge in [0.2, 0.25) is 6.10 Å². The summed E-state index contributed by atoms with van der Waals surface area (Å²) in [5, 5.41) is 5.19. The lowest BCUT2D eigenvalue weighted by Gasteiger charge is -2.16. The molecule has 0 heterocycles. The number of esters is 1. The molecule has 0 saturated carbocycles. The fraction of sp³-hybridized carbons (Fsp3) is 0.105. The summed E-state index contributed by atoms with van der Waals surface area (Å²) in [7, 11) is 1.37. The summed E-state index contributed by atoms with van der Waals surface area (Å²) in [6.45, 7) is 0. The highest BCUT2D eigenvalue weighted by molar-refractivity contribution is 6.35. The van der Waals surface area contributed by atoms with Crippen molar-refractivity contribution in [3.05, 3.63) is 75.8 Å². The number of amides is 3. The number of carbonyl (C=O) groups is 3. The lowest BCUT2D eigenvalue weighted by molar-refractivity contribution is -0.151. The van der Waals surface area contributed by atoms with Crippen molar-refractivity contribution in [1.29, 1.82) is 0 Å². The topological polar surface area (TPSA) is 84.5 Å². The van der Waals surface area contributed by atoms with Crippen LogP contribution in [0.15, 0.2) is 54.6 Å². The van der Waals surface area contributed by atoms with Gasteiger partial charge in [0.25, 0.3) is 5.91 Å². The van der Waals surface area contributed by atoms with Gasteiger partial charge in [0.15, 0.2) is 0 Å². The van der Waals surface area contributed by atoms with E-state index in [-0.39, 0.29) is 0 Å². The molecule has 140 valence electrons. The second-order valence-corrected chi connectivity index (χ2v) is 6.14. The number of rotatable bonds is 5. The van der Waals surface area contributed by atoms with Gasteiger partial charge in [-0.05, 0) is 23.8 Å². The van der Waals surface area contributed by atoms with E-state index >= 15 is 0 Å². The highest BCUT2D eigenvalue weighted by atomic mass is 35.5. The molecule has 3 amide bonds. The maximum atomic E-state index is 12.3. The van der Waals surface area contributed by atoms with Crippen LogP contribution < -0.4 is 10.6 Å². The SMILES string of the molecule is CNC(=O)NC(=O)[C@@H](OC(=O)/C=C/c1ccc(Cl)cc1Cl)c1ccccc1. The first-order valence-electron chi connectivity index (χ1n) is 7.82. The number of carbonyl (C=O) groups excluding carboxylic acids is 3. The van der Waals surface area contributed by atoms with Gasteiger partial charge in [-0.25, -0.2) is 9.59 Å². The molecule has 0 aromatic heterocycles. The Labute approximate surface area is 166 Å². The van der Waals surface area contributed by atoms with Crippen molar-refractivity contribution >= 4 is 47.2 Å². The van der Waals surface area contributed by atoms with Gasteiger partial charge in [-0.15, -0.1) is 0 Å². The molecule has 0 aliphatic carbocycles. The van der Waals surface area contributed by atoms with Gasteiger partial charge < -0.3 is 10.1 Å². The zero-order chi connectivity index (χ0) is 19.8. The average Bonchev–Trinajstić information content (AvgIpc) is 2.65. The summed E-state index contributed by atoms with van der Waals surface area (Å²) in [5.41, 5.74) is 0.981. The molecule has 0 saturated heterocycles. The van der Waals surface area contributed by atoms with E-state index in [2.05, 4.69) is 10.6 Å². The molecule has 0 spiro atoms. The van der Waals surface area contributed by atoms with E-state index in [1.54, 1.807) is 42.5 Å². The summed E-state index contributed by atoms with van der Waals surface area (Å²) < 4.78 is 5.24. The van der Waals surface area contributed by atoms with Gasteiger partial charge in [-0.2, -0.15) is 0 Å². The zero-order valence-corrected chi connectivity index (χ0v) is 15.8. The molecule has 6 nitrogen and oxygen atoms in total. The van der Waals surface area contributed by atoms with Crippen LogP contribution in [-0.4, -0.2) is 25.0 Å². The predicted molar refractivity (Wildman–Crippen MR) is 103 cm³/mol. The van der Waals surface area contributed by atoms with Crippen molar-refractivity contribution in [3.8, 4) is 0 Å². The molecule has 0 fully saturated rings. The number of nitrogens with one attached hydrogen (secondary N) is 2.